The van der Waals surface area contributed by atoms with Crippen molar-refractivity contribution in [2.24, 2.45) is 0 Å². The van der Waals surface area contributed by atoms with E-state index in [1.807, 2.05) is 6.92 Å². The average Bonchev–Trinajstić information content (AvgIpc) is 3.10. The molecule has 148 valence electrons. The van der Waals surface area contributed by atoms with Crippen molar-refractivity contribution >= 4 is 22.3 Å². The van der Waals surface area contributed by atoms with Crippen LogP contribution in [0.3, 0.4) is 0 Å². The molecule has 3 heterocycles. The van der Waals surface area contributed by atoms with Crippen LogP contribution in [0.2, 0.25) is 0 Å². The van der Waals surface area contributed by atoms with Gasteiger partial charge in [0, 0.05) is 11.4 Å². The van der Waals surface area contributed by atoms with Gasteiger partial charge in [0.05, 0.1) is 21.7 Å². The molecule has 4 rings (SSSR count). The molecule has 0 aliphatic carbocycles. The minimum absolute atomic E-state index is 0.174. The third kappa shape index (κ3) is 3.30. The van der Waals surface area contributed by atoms with Crippen LogP contribution in [0.5, 0.6) is 5.75 Å². The van der Waals surface area contributed by atoms with Crippen molar-refractivity contribution in [3.05, 3.63) is 45.1 Å². The van der Waals surface area contributed by atoms with Gasteiger partial charge in [0.25, 0.3) is 0 Å². The van der Waals surface area contributed by atoms with Crippen molar-refractivity contribution in [1.29, 1.82) is 0 Å². The monoisotopic (exact) mass is 407 g/mol. The van der Waals surface area contributed by atoms with Crippen LogP contribution >= 0.6 is 11.3 Å². The molecule has 9 nitrogen and oxygen atoms in total. The molecule has 2 aromatic heterocycles. The number of aliphatic hydroxyl groups excluding tert-OH is 4. The highest BCUT2D eigenvalue weighted by Gasteiger charge is 2.44. The molecule has 5 atom stereocenters. The van der Waals surface area contributed by atoms with Gasteiger partial charge in [0.2, 0.25) is 11.7 Å². The van der Waals surface area contributed by atoms with Gasteiger partial charge < -0.3 is 34.3 Å². The molecule has 0 saturated carbocycles. The molecule has 0 amide bonds. The first kappa shape index (κ1) is 19.0. The molecule has 5 unspecified atom stereocenters. The average molecular weight is 407 g/mol. The summed E-state index contributed by atoms with van der Waals surface area (Å²) in [6.45, 7) is 1.84. The number of aromatic nitrogens is 1. The highest BCUT2D eigenvalue weighted by atomic mass is 32.1. The lowest BCUT2D eigenvalue weighted by Crippen LogP contribution is -2.59. The van der Waals surface area contributed by atoms with Crippen molar-refractivity contribution in [1.82, 2.24) is 4.98 Å². The Labute approximate surface area is 162 Å². The van der Waals surface area contributed by atoms with Crippen LogP contribution in [0.4, 0.5) is 0 Å². The third-order valence-electron chi connectivity index (χ3n) is 4.44. The van der Waals surface area contributed by atoms with E-state index in [0.717, 1.165) is 5.01 Å². The largest absolute Gasteiger partial charge is 0.463 e. The minimum atomic E-state index is -1.72. The van der Waals surface area contributed by atoms with Gasteiger partial charge in [-0.2, -0.15) is 0 Å². The molecule has 4 N–H and O–H groups in total. The molecular weight excluding hydrogens is 390 g/mol. The second-order valence-corrected chi connectivity index (χ2v) is 7.44. The second kappa shape index (κ2) is 7.24. The molecule has 1 aromatic carbocycles. The van der Waals surface area contributed by atoms with Gasteiger partial charge in [-0.3, -0.25) is 4.79 Å². The Kier molecular flexibility index (Phi) is 4.91. The molecular formula is C18H17NO8S. The fourth-order valence-electron chi connectivity index (χ4n) is 2.91. The van der Waals surface area contributed by atoms with Gasteiger partial charge in [0.15, 0.2) is 6.29 Å². The first-order chi connectivity index (χ1) is 13.3. The Morgan fingerprint density at radius 2 is 1.93 bits per heavy atom. The quantitative estimate of drug-likeness (QED) is 0.484. The summed E-state index contributed by atoms with van der Waals surface area (Å²) in [4.78, 5) is 17.0. The van der Waals surface area contributed by atoms with Gasteiger partial charge in [-0.05, 0) is 19.1 Å². The molecule has 0 radical (unpaired) electrons. The lowest BCUT2D eigenvalue weighted by atomic mass is 10.0. The number of benzene rings is 1. The van der Waals surface area contributed by atoms with Gasteiger partial charge in [-0.15, -0.1) is 11.3 Å². The lowest BCUT2D eigenvalue weighted by molar-refractivity contribution is -0.321. The molecule has 0 spiro atoms. The van der Waals surface area contributed by atoms with Crippen molar-refractivity contribution in [3.8, 4) is 17.0 Å². The van der Waals surface area contributed by atoms with Crippen LogP contribution < -0.4 is 10.2 Å². The van der Waals surface area contributed by atoms with Crippen LogP contribution in [0.15, 0.2) is 39.1 Å². The number of fused-ring (bicyclic) bond motifs is 1. The zero-order valence-electron chi connectivity index (χ0n) is 14.6. The maximum atomic E-state index is 12.7. The fourth-order valence-corrected chi connectivity index (χ4v) is 3.52. The first-order valence-corrected chi connectivity index (χ1v) is 9.25. The smallest absolute Gasteiger partial charge is 0.231 e. The number of rotatable bonds is 3. The van der Waals surface area contributed by atoms with E-state index in [-0.39, 0.29) is 16.8 Å². The van der Waals surface area contributed by atoms with Gasteiger partial charge in [0.1, 0.15) is 35.9 Å². The molecule has 28 heavy (non-hydrogen) atoms. The predicted octanol–water partition coefficient (Wildman–Crippen LogP) is 0.361. The highest BCUT2D eigenvalue weighted by Crippen LogP contribution is 2.27. The third-order valence-corrected chi connectivity index (χ3v) is 5.21. The predicted molar refractivity (Wildman–Crippen MR) is 97.9 cm³/mol. The highest BCUT2D eigenvalue weighted by molar-refractivity contribution is 7.09. The zero-order valence-corrected chi connectivity index (χ0v) is 15.4. The summed E-state index contributed by atoms with van der Waals surface area (Å²) in [7, 11) is 0. The van der Waals surface area contributed by atoms with Crippen molar-refractivity contribution in [2.45, 2.75) is 37.8 Å². The molecule has 0 bridgehead atoms. The summed E-state index contributed by atoms with van der Waals surface area (Å²) in [5.74, 6) is 0.174. The molecule has 1 fully saturated rings. The zero-order chi connectivity index (χ0) is 20.0. The van der Waals surface area contributed by atoms with E-state index in [1.165, 1.54) is 35.8 Å². The number of aliphatic hydroxyl groups is 4. The van der Waals surface area contributed by atoms with Gasteiger partial charge in [-0.1, -0.05) is 0 Å². The number of ether oxygens (including phenoxy) is 2. The number of nitrogens with zero attached hydrogens (tertiary/aromatic N) is 1. The van der Waals surface area contributed by atoms with Gasteiger partial charge in [-0.25, -0.2) is 4.98 Å². The SMILES string of the molecule is Cc1nc(-c2coc3cc(OC4OC(O)C(O)C(O)C4O)ccc3c2=O)cs1. The van der Waals surface area contributed by atoms with Gasteiger partial charge >= 0.3 is 0 Å². The molecule has 1 saturated heterocycles. The van der Waals surface area contributed by atoms with Crippen LogP contribution in [0.25, 0.3) is 22.2 Å². The summed E-state index contributed by atoms with van der Waals surface area (Å²) in [6.07, 6.45) is -6.70. The summed E-state index contributed by atoms with van der Waals surface area (Å²) in [5, 5.41) is 41.7. The van der Waals surface area contributed by atoms with E-state index in [4.69, 9.17) is 13.9 Å². The molecule has 10 heteroatoms. The van der Waals surface area contributed by atoms with E-state index in [9.17, 15) is 25.2 Å². The second-order valence-electron chi connectivity index (χ2n) is 6.37. The normalized spacial score (nSPS) is 27.8. The Morgan fingerprint density at radius 1 is 1.14 bits per heavy atom. The van der Waals surface area contributed by atoms with E-state index in [0.29, 0.717) is 16.6 Å². The number of hydrogen-bond acceptors (Lipinski definition) is 10. The minimum Gasteiger partial charge on any atom is -0.463 e. The topological polar surface area (TPSA) is 142 Å². The summed E-state index contributed by atoms with van der Waals surface area (Å²) >= 11 is 1.43. The van der Waals surface area contributed by atoms with Crippen LogP contribution in [-0.2, 0) is 4.74 Å². The summed E-state index contributed by atoms with van der Waals surface area (Å²) < 4.78 is 16.0. The van der Waals surface area contributed by atoms with Crippen molar-refractivity contribution in [3.63, 3.8) is 0 Å². The first-order valence-electron chi connectivity index (χ1n) is 8.37. The van der Waals surface area contributed by atoms with Crippen LogP contribution in [-0.4, -0.2) is 56.3 Å². The standard InChI is InChI=1S/C18H17NO8S/c1-7-19-11(6-28-7)10-5-25-12-4-8(2-3-9(12)13(10)20)26-18-16(23)14(21)15(22)17(24)27-18/h2-6,14-18,21-24H,1H3. The maximum absolute atomic E-state index is 12.7. The number of thiazole rings is 1. The van der Waals surface area contributed by atoms with E-state index < -0.39 is 30.9 Å². The lowest BCUT2D eigenvalue weighted by Gasteiger charge is -2.37. The Hall–Kier alpha value is -2.34. The Balaban J connectivity index is 1.63. The number of hydrogen-bond donors (Lipinski definition) is 4. The van der Waals surface area contributed by atoms with E-state index >= 15 is 0 Å². The molecule has 1 aliphatic heterocycles. The summed E-state index contributed by atoms with van der Waals surface area (Å²) in [6, 6.07) is 4.39. The molecule has 3 aromatic rings. The Bertz CT molecular complexity index is 1060. The van der Waals surface area contributed by atoms with Crippen LogP contribution in [0, 0.1) is 6.92 Å². The van der Waals surface area contributed by atoms with Crippen molar-refractivity contribution in [2.75, 3.05) is 0 Å². The fraction of sp³-hybridized carbons (Fsp3) is 0.333. The number of aryl methyl sites for hydroxylation is 1. The molecule has 1 aliphatic rings. The van der Waals surface area contributed by atoms with Crippen LogP contribution in [0.1, 0.15) is 5.01 Å². The van der Waals surface area contributed by atoms with E-state index in [2.05, 4.69) is 4.98 Å². The summed E-state index contributed by atoms with van der Waals surface area (Å²) in [5.41, 5.74) is 0.876. The van der Waals surface area contributed by atoms with E-state index in [1.54, 1.807) is 5.38 Å². The maximum Gasteiger partial charge on any atom is 0.231 e. The Morgan fingerprint density at radius 3 is 2.64 bits per heavy atom. The van der Waals surface area contributed by atoms with Crippen molar-refractivity contribution < 1.29 is 34.3 Å².